The molecule has 0 radical (unpaired) electrons. The number of primary amides is 1. The second kappa shape index (κ2) is 3.66. The van der Waals surface area contributed by atoms with Gasteiger partial charge in [-0.15, -0.1) is 0 Å². The summed E-state index contributed by atoms with van der Waals surface area (Å²) in [7, 11) is 0. The molecule has 3 heteroatoms. The highest BCUT2D eigenvalue weighted by Gasteiger charge is 2.29. The van der Waals surface area contributed by atoms with Gasteiger partial charge in [-0.1, -0.05) is 0 Å². The van der Waals surface area contributed by atoms with E-state index in [0.29, 0.717) is 0 Å². The maximum atomic E-state index is 11.0. The molecule has 1 heterocycles. The number of hydrogen-bond donors (Lipinski definition) is 1. The van der Waals surface area contributed by atoms with E-state index in [2.05, 4.69) is 25.7 Å². The van der Waals surface area contributed by atoms with Crippen molar-refractivity contribution in [1.82, 2.24) is 4.90 Å². The Labute approximate surface area is 80.3 Å². The first-order valence-electron chi connectivity index (χ1n) is 4.95. The van der Waals surface area contributed by atoms with E-state index in [4.69, 9.17) is 5.73 Å². The average Bonchev–Trinajstić information content (AvgIpc) is 2.03. The van der Waals surface area contributed by atoms with Crippen LogP contribution in [0, 0.1) is 5.92 Å². The first-order chi connectivity index (χ1) is 5.91. The summed E-state index contributed by atoms with van der Waals surface area (Å²) in [5.74, 6) is -0.0816. The lowest BCUT2D eigenvalue weighted by Crippen LogP contribution is -2.49. The SMILES string of the molecule is CC(C)(C)N1CCCC(C(N)=O)C1. The number of carbonyl (C=O) groups is 1. The summed E-state index contributed by atoms with van der Waals surface area (Å²) in [6.07, 6.45) is 2.05. The Morgan fingerprint density at radius 1 is 1.46 bits per heavy atom. The molecule has 0 aromatic heterocycles. The van der Waals surface area contributed by atoms with Gasteiger partial charge in [0.2, 0.25) is 5.91 Å². The Hall–Kier alpha value is -0.570. The molecule has 1 amide bonds. The Bertz CT molecular complexity index is 196. The molecular formula is C10H20N2O. The van der Waals surface area contributed by atoms with Gasteiger partial charge in [0.15, 0.2) is 0 Å². The number of carbonyl (C=O) groups excluding carboxylic acids is 1. The van der Waals surface area contributed by atoms with Crippen molar-refractivity contribution in [2.45, 2.75) is 39.2 Å². The molecule has 0 aromatic rings. The largest absolute Gasteiger partial charge is 0.369 e. The summed E-state index contributed by atoms with van der Waals surface area (Å²) in [5.41, 5.74) is 5.47. The van der Waals surface area contributed by atoms with E-state index in [9.17, 15) is 4.79 Å². The summed E-state index contributed by atoms with van der Waals surface area (Å²) >= 11 is 0. The van der Waals surface area contributed by atoms with Gasteiger partial charge in [0, 0.05) is 12.1 Å². The molecular weight excluding hydrogens is 164 g/mol. The lowest BCUT2D eigenvalue weighted by atomic mass is 9.93. The Kier molecular flexibility index (Phi) is 2.96. The van der Waals surface area contributed by atoms with Crippen LogP contribution in [0.25, 0.3) is 0 Å². The molecule has 1 aliphatic heterocycles. The van der Waals surface area contributed by atoms with Gasteiger partial charge in [0.1, 0.15) is 0 Å². The Morgan fingerprint density at radius 2 is 2.08 bits per heavy atom. The molecule has 1 unspecified atom stereocenters. The molecule has 1 rings (SSSR count). The topological polar surface area (TPSA) is 46.3 Å². The van der Waals surface area contributed by atoms with Crippen LogP contribution in [0.4, 0.5) is 0 Å². The monoisotopic (exact) mass is 184 g/mol. The van der Waals surface area contributed by atoms with Crippen molar-refractivity contribution in [3.63, 3.8) is 0 Å². The van der Waals surface area contributed by atoms with Crippen LogP contribution in [0.2, 0.25) is 0 Å². The number of hydrogen-bond acceptors (Lipinski definition) is 2. The van der Waals surface area contributed by atoms with Gasteiger partial charge in [-0.3, -0.25) is 9.69 Å². The van der Waals surface area contributed by atoms with E-state index in [-0.39, 0.29) is 17.4 Å². The molecule has 0 spiro atoms. The van der Waals surface area contributed by atoms with E-state index in [1.54, 1.807) is 0 Å². The number of rotatable bonds is 1. The van der Waals surface area contributed by atoms with Gasteiger partial charge in [-0.2, -0.15) is 0 Å². The fourth-order valence-corrected chi connectivity index (χ4v) is 1.82. The van der Waals surface area contributed by atoms with Crippen LogP contribution >= 0.6 is 0 Å². The van der Waals surface area contributed by atoms with Crippen LogP contribution in [0.15, 0.2) is 0 Å². The smallest absolute Gasteiger partial charge is 0.221 e. The van der Waals surface area contributed by atoms with Crippen molar-refractivity contribution in [2.24, 2.45) is 11.7 Å². The third-order valence-corrected chi connectivity index (χ3v) is 2.77. The third-order valence-electron chi connectivity index (χ3n) is 2.77. The number of piperidine rings is 1. The molecule has 76 valence electrons. The fraction of sp³-hybridized carbons (Fsp3) is 0.900. The summed E-state index contributed by atoms with van der Waals surface area (Å²) < 4.78 is 0. The summed E-state index contributed by atoms with van der Waals surface area (Å²) in [6.45, 7) is 8.45. The molecule has 0 saturated carbocycles. The first-order valence-corrected chi connectivity index (χ1v) is 4.95. The van der Waals surface area contributed by atoms with Crippen LogP contribution in [-0.2, 0) is 4.79 Å². The quantitative estimate of drug-likeness (QED) is 0.660. The number of nitrogens with two attached hydrogens (primary N) is 1. The van der Waals surface area contributed by atoms with Crippen LogP contribution in [0.5, 0.6) is 0 Å². The minimum atomic E-state index is -0.144. The van der Waals surface area contributed by atoms with Gasteiger partial charge < -0.3 is 5.73 Å². The minimum absolute atomic E-state index is 0.0629. The average molecular weight is 184 g/mol. The molecule has 1 atom stereocenters. The molecule has 0 aliphatic carbocycles. The lowest BCUT2D eigenvalue weighted by Gasteiger charge is -2.40. The van der Waals surface area contributed by atoms with Crippen molar-refractivity contribution < 1.29 is 4.79 Å². The number of amides is 1. The standard InChI is InChI=1S/C10H20N2O/c1-10(2,3)12-6-4-5-8(7-12)9(11)13/h8H,4-7H2,1-3H3,(H2,11,13). The van der Waals surface area contributed by atoms with Gasteiger partial charge in [-0.05, 0) is 40.2 Å². The lowest BCUT2D eigenvalue weighted by molar-refractivity contribution is -0.124. The van der Waals surface area contributed by atoms with Crippen molar-refractivity contribution in [2.75, 3.05) is 13.1 Å². The van der Waals surface area contributed by atoms with Crippen molar-refractivity contribution in [3.05, 3.63) is 0 Å². The molecule has 13 heavy (non-hydrogen) atoms. The molecule has 0 aromatic carbocycles. The third kappa shape index (κ3) is 2.69. The fourth-order valence-electron chi connectivity index (χ4n) is 1.82. The van der Waals surface area contributed by atoms with E-state index in [0.717, 1.165) is 25.9 Å². The molecule has 1 saturated heterocycles. The first kappa shape index (κ1) is 10.5. The summed E-state index contributed by atoms with van der Waals surface area (Å²) in [5, 5.41) is 0. The molecule has 0 bridgehead atoms. The summed E-state index contributed by atoms with van der Waals surface area (Å²) in [4.78, 5) is 13.4. The summed E-state index contributed by atoms with van der Waals surface area (Å²) in [6, 6.07) is 0. The molecule has 2 N–H and O–H groups in total. The van der Waals surface area contributed by atoms with E-state index in [1.165, 1.54) is 0 Å². The van der Waals surface area contributed by atoms with Gasteiger partial charge in [0.25, 0.3) is 0 Å². The second-order valence-corrected chi connectivity index (χ2v) is 4.86. The van der Waals surface area contributed by atoms with Gasteiger partial charge in [-0.25, -0.2) is 0 Å². The highest BCUT2D eigenvalue weighted by molar-refractivity contribution is 5.76. The zero-order chi connectivity index (χ0) is 10.1. The van der Waals surface area contributed by atoms with Gasteiger partial charge in [0.05, 0.1) is 5.92 Å². The molecule has 3 nitrogen and oxygen atoms in total. The van der Waals surface area contributed by atoms with Gasteiger partial charge >= 0.3 is 0 Å². The van der Waals surface area contributed by atoms with Crippen molar-refractivity contribution in [1.29, 1.82) is 0 Å². The van der Waals surface area contributed by atoms with Crippen LogP contribution in [-0.4, -0.2) is 29.4 Å². The predicted molar refractivity (Wildman–Crippen MR) is 53.2 cm³/mol. The maximum Gasteiger partial charge on any atom is 0.221 e. The minimum Gasteiger partial charge on any atom is -0.369 e. The van der Waals surface area contributed by atoms with Crippen molar-refractivity contribution >= 4 is 5.91 Å². The highest BCUT2D eigenvalue weighted by Crippen LogP contribution is 2.23. The Balaban J connectivity index is 2.57. The number of likely N-dealkylation sites (tertiary alicyclic amines) is 1. The Morgan fingerprint density at radius 3 is 2.54 bits per heavy atom. The van der Waals surface area contributed by atoms with Crippen molar-refractivity contribution in [3.8, 4) is 0 Å². The van der Waals surface area contributed by atoms with E-state index in [1.807, 2.05) is 0 Å². The highest BCUT2D eigenvalue weighted by atomic mass is 16.1. The van der Waals surface area contributed by atoms with E-state index >= 15 is 0 Å². The van der Waals surface area contributed by atoms with E-state index < -0.39 is 0 Å². The number of nitrogens with zero attached hydrogens (tertiary/aromatic N) is 1. The van der Waals surface area contributed by atoms with Crippen LogP contribution < -0.4 is 5.73 Å². The zero-order valence-electron chi connectivity index (χ0n) is 8.84. The normalized spacial score (nSPS) is 25.9. The zero-order valence-corrected chi connectivity index (χ0v) is 8.84. The molecule has 1 aliphatic rings. The second-order valence-electron chi connectivity index (χ2n) is 4.86. The maximum absolute atomic E-state index is 11.0. The molecule has 1 fully saturated rings. The predicted octanol–water partition coefficient (Wildman–Crippen LogP) is 0.982. The van der Waals surface area contributed by atoms with Crippen LogP contribution in [0.1, 0.15) is 33.6 Å². The van der Waals surface area contributed by atoms with Crippen LogP contribution in [0.3, 0.4) is 0 Å².